The van der Waals surface area contributed by atoms with Gasteiger partial charge in [-0.3, -0.25) is 19.5 Å². The van der Waals surface area contributed by atoms with Crippen molar-refractivity contribution >= 4 is 16.6 Å². The predicted octanol–water partition coefficient (Wildman–Crippen LogP) is 1.46. The second-order valence-corrected chi connectivity index (χ2v) is 5.61. The lowest BCUT2D eigenvalue weighted by molar-refractivity contribution is -0.384. The molecular formula is C14H15N3O5. The van der Waals surface area contributed by atoms with Gasteiger partial charge in [0.1, 0.15) is 6.10 Å². The van der Waals surface area contributed by atoms with E-state index in [1.807, 2.05) is 0 Å². The fourth-order valence-electron chi connectivity index (χ4n) is 2.46. The summed E-state index contributed by atoms with van der Waals surface area (Å²) in [6.45, 7) is 4.27. The number of nitrogens with zero attached hydrogens (tertiary/aromatic N) is 3. The molecule has 0 bridgehead atoms. The second kappa shape index (κ2) is 5.15. The molecule has 0 radical (unpaired) electrons. The predicted molar refractivity (Wildman–Crippen MR) is 77.6 cm³/mol. The molecule has 1 fully saturated rings. The van der Waals surface area contributed by atoms with Crippen molar-refractivity contribution in [3.05, 3.63) is 45.0 Å². The molecule has 1 atom stereocenters. The standard InChI is InChI=1S/C14H15N3O5/c1-14(2)21-7-10(22-14)6-16-8-15-12-4-3-9(17(19)20)5-11(12)13(16)18/h3-5,8,10H,6-7H2,1-2H3. The van der Waals surface area contributed by atoms with Crippen LogP contribution in [0.5, 0.6) is 0 Å². The molecule has 1 aliphatic rings. The Balaban J connectivity index is 1.96. The fraction of sp³-hybridized carbons (Fsp3) is 0.429. The zero-order chi connectivity index (χ0) is 15.9. The highest BCUT2D eigenvalue weighted by Gasteiger charge is 2.33. The molecule has 0 saturated carbocycles. The van der Waals surface area contributed by atoms with E-state index >= 15 is 0 Å². The Morgan fingerprint density at radius 2 is 2.27 bits per heavy atom. The van der Waals surface area contributed by atoms with Crippen LogP contribution in [-0.4, -0.2) is 33.0 Å². The molecule has 0 spiro atoms. The molecule has 116 valence electrons. The molecule has 2 heterocycles. The Labute approximate surface area is 125 Å². The lowest BCUT2D eigenvalue weighted by Gasteiger charge is -2.17. The van der Waals surface area contributed by atoms with Crippen molar-refractivity contribution in [1.29, 1.82) is 0 Å². The summed E-state index contributed by atoms with van der Waals surface area (Å²) in [5.41, 5.74) is -0.0384. The molecule has 0 aliphatic carbocycles. The van der Waals surface area contributed by atoms with E-state index in [4.69, 9.17) is 9.47 Å². The maximum Gasteiger partial charge on any atom is 0.270 e. The minimum absolute atomic E-state index is 0.134. The fourth-order valence-corrected chi connectivity index (χ4v) is 2.46. The summed E-state index contributed by atoms with van der Waals surface area (Å²) in [5.74, 6) is -0.669. The van der Waals surface area contributed by atoms with Crippen molar-refractivity contribution in [3.63, 3.8) is 0 Å². The summed E-state index contributed by atoms with van der Waals surface area (Å²) in [6.07, 6.45) is 1.16. The number of fused-ring (bicyclic) bond motifs is 1. The first kappa shape index (κ1) is 14.6. The Morgan fingerprint density at radius 1 is 1.50 bits per heavy atom. The van der Waals surface area contributed by atoms with E-state index in [0.717, 1.165) is 0 Å². The summed E-state index contributed by atoms with van der Waals surface area (Å²) in [4.78, 5) is 26.9. The van der Waals surface area contributed by atoms with Crippen molar-refractivity contribution in [1.82, 2.24) is 9.55 Å². The Kier molecular flexibility index (Phi) is 3.42. The number of ether oxygens (including phenoxy) is 2. The number of nitro groups is 1. The number of aromatic nitrogens is 2. The molecule has 8 heteroatoms. The van der Waals surface area contributed by atoms with E-state index in [-0.39, 0.29) is 29.3 Å². The van der Waals surface area contributed by atoms with Crippen LogP contribution >= 0.6 is 0 Å². The minimum Gasteiger partial charge on any atom is -0.348 e. The third-order valence-corrected chi connectivity index (χ3v) is 3.49. The van der Waals surface area contributed by atoms with Gasteiger partial charge in [0.2, 0.25) is 0 Å². The topological polar surface area (TPSA) is 96.5 Å². The largest absolute Gasteiger partial charge is 0.348 e. The average molecular weight is 305 g/mol. The Morgan fingerprint density at radius 3 is 2.91 bits per heavy atom. The summed E-state index contributed by atoms with van der Waals surface area (Å²) in [7, 11) is 0. The van der Waals surface area contributed by atoms with E-state index in [0.29, 0.717) is 12.1 Å². The van der Waals surface area contributed by atoms with Gasteiger partial charge in [-0.25, -0.2) is 4.98 Å². The van der Waals surface area contributed by atoms with Gasteiger partial charge in [-0.05, 0) is 19.9 Å². The highest BCUT2D eigenvalue weighted by molar-refractivity contribution is 5.79. The van der Waals surface area contributed by atoms with Crippen molar-refractivity contribution in [3.8, 4) is 0 Å². The number of non-ortho nitro benzene ring substituents is 1. The van der Waals surface area contributed by atoms with Gasteiger partial charge in [0.15, 0.2) is 5.79 Å². The number of benzene rings is 1. The average Bonchev–Trinajstić information content (AvgIpc) is 2.81. The normalized spacial score (nSPS) is 20.4. The van der Waals surface area contributed by atoms with E-state index in [9.17, 15) is 14.9 Å². The van der Waals surface area contributed by atoms with Crippen LogP contribution in [0, 0.1) is 10.1 Å². The lowest BCUT2D eigenvalue weighted by Crippen LogP contribution is -2.29. The molecule has 1 aromatic carbocycles. The molecule has 1 aliphatic heterocycles. The zero-order valence-electron chi connectivity index (χ0n) is 12.2. The van der Waals surface area contributed by atoms with E-state index in [2.05, 4.69) is 4.98 Å². The molecule has 0 N–H and O–H groups in total. The summed E-state index contributed by atoms with van der Waals surface area (Å²) >= 11 is 0. The number of hydrogen-bond donors (Lipinski definition) is 0. The molecule has 8 nitrogen and oxygen atoms in total. The van der Waals surface area contributed by atoms with Gasteiger partial charge in [0, 0.05) is 12.1 Å². The molecule has 22 heavy (non-hydrogen) atoms. The van der Waals surface area contributed by atoms with Crippen LogP contribution in [0.2, 0.25) is 0 Å². The van der Waals surface area contributed by atoms with Crippen molar-refractivity contribution in [2.24, 2.45) is 0 Å². The number of hydrogen-bond acceptors (Lipinski definition) is 6. The molecule has 3 rings (SSSR count). The maximum atomic E-state index is 12.5. The Bertz CT molecular complexity index is 799. The van der Waals surface area contributed by atoms with Crippen LogP contribution in [0.3, 0.4) is 0 Å². The highest BCUT2D eigenvalue weighted by Crippen LogP contribution is 2.23. The first-order chi connectivity index (χ1) is 10.4. The summed E-state index contributed by atoms with van der Waals surface area (Å²) < 4.78 is 12.5. The van der Waals surface area contributed by atoms with Gasteiger partial charge in [0.05, 0.1) is 35.3 Å². The molecule has 1 unspecified atom stereocenters. The SMILES string of the molecule is CC1(C)OCC(Cn2cnc3ccc([N+](=O)[O-])cc3c2=O)O1. The smallest absolute Gasteiger partial charge is 0.270 e. The number of rotatable bonds is 3. The summed E-state index contributed by atoms with van der Waals surface area (Å²) in [5, 5.41) is 11.0. The molecule has 2 aromatic rings. The van der Waals surface area contributed by atoms with Gasteiger partial charge < -0.3 is 9.47 Å². The molecule has 1 saturated heterocycles. The van der Waals surface area contributed by atoms with Crippen LogP contribution in [0.4, 0.5) is 5.69 Å². The van der Waals surface area contributed by atoms with Crippen LogP contribution in [0.1, 0.15) is 13.8 Å². The van der Waals surface area contributed by atoms with Gasteiger partial charge in [-0.1, -0.05) is 0 Å². The molecule has 0 amide bonds. The van der Waals surface area contributed by atoms with Crippen LogP contribution in [0.25, 0.3) is 10.9 Å². The molecule has 1 aromatic heterocycles. The lowest BCUT2D eigenvalue weighted by atomic mass is 10.2. The maximum absolute atomic E-state index is 12.5. The molecular weight excluding hydrogens is 290 g/mol. The van der Waals surface area contributed by atoms with Crippen LogP contribution < -0.4 is 5.56 Å². The quantitative estimate of drug-likeness (QED) is 0.629. The monoisotopic (exact) mass is 305 g/mol. The zero-order valence-corrected chi connectivity index (χ0v) is 12.2. The Hall–Kier alpha value is -2.32. The second-order valence-electron chi connectivity index (χ2n) is 5.61. The van der Waals surface area contributed by atoms with Crippen molar-refractivity contribution in [2.45, 2.75) is 32.3 Å². The van der Waals surface area contributed by atoms with Gasteiger partial charge in [0.25, 0.3) is 11.2 Å². The van der Waals surface area contributed by atoms with Crippen LogP contribution in [0.15, 0.2) is 29.3 Å². The first-order valence-corrected chi connectivity index (χ1v) is 6.81. The van der Waals surface area contributed by atoms with Crippen LogP contribution in [-0.2, 0) is 16.0 Å². The van der Waals surface area contributed by atoms with E-state index in [1.165, 1.54) is 29.1 Å². The van der Waals surface area contributed by atoms with Gasteiger partial charge in [-0.2, -0.15) is 0 Å². The third-order valence-electron chi connectivity index (χ3n) is 3.49. The minimum atomic E-state index is -0.669. The number of nitro benzene ring substituents is 1. The van der Waals surface area contributed by atoms with E-state index < -0.39 is 10.7 Å². The first-order valence-electron chi connectivity index (χ1n) is 6.81. The van der Waals surface area contributed by atoms with E-state index in [1.54, 1.807) is 13.8 Å². The van der Waals surface area contributed by atoms with Gasteiger partial charge >= 0.3 is 0 Å². The highest BCUT2D eigenvalue weighted by atomic mass is 16.7. The summed E-state index contributed by atoms with van der Waals surface area (Å²) in [6, 6.07) is 4.05. The van der Waals surface area contributed by atoms with Crippen molar-refractivity contribution in [2.75, 3.05) is 6.61 Å². The van der Waals surface area contributed by atoms with Crippen molar-refractivity contribution < 1.29 is 14.4 Å². The van der Waals surface area contributed by atoms with Gasteiger partial charge in [-0.15, -0.1) is 0 Å². The third kappa shape index (κ3) is 2.70.